The highest BCUT2D eigenvalue weighted by Crippen LogP contribution is 2.52. The lowest BCUT2D eigenvalue weighted by Crippen LogP contribution is -2.30. The van der Waals surface area contributed by atoms with Crippen molar-refractivity contribution < 1.29 is 9.90 Å². The summed E-state index contributed by atoms with van der Waals surface area (Å²) >= 11 is 0. The summed E-state index contributed by atoms with van der Waals surface area (Å²) in [4.78, 5) is 14.2. The molecule has 110 valence electrons. The van der Waals surface area contributed by atoms with Crippen LogP contribution in [0.1, 0.15) is 56.1 Å². The van der Waals surface area contributed by atoms with Gasteiger partial charge in [-0.3, -0.25) is 9.48 Å². The van der Waals surface area contributed by atoms with Crippen LogP contribution in [-0.2, 0) is 0 Å². The second-order valence-corrected chi connectivity index (χ2v) is 6.22. The smallest absolute Gasteiger partial charge is 0.274 e. The first kappa shape index (κ1) is 13.6. The number of carbonyl (C=O) groups excluding carboxylic acids is 1. The topological polar surface area (TPSA) is 58.4 Å². The normalized spacial score (nSPS) is 23.8. The average Bonchev–Trinajstić information content (AvgIpc) is 2.93. The van der Waals surface area contributed by atoms with Crippen LogP contribution in [0.3, 0.4) is 0 Å². The fourth-order valence-electron chi connectivity index (χ4n) is 3.24. The number of rotatable bonds is 4. The van der Waals surface area contributed by atoms with Crippen LogP contribution in [0.25, 0.3) is 0 Å². The summed E-state index contributed by atoms with van der Waals surface area (Å²) < 4.78 is 1.90. The quantitative estimate of drug-likeness (QED) is 0.913. The predicted molar refractivity (Wildman–Crippen MR) is 75.4 cm³/mol. The summed E-state index contributed by atoms with van der Waals surface area (Å²) in [5.74, 6) is -0.0440. The molecule has 1 aromatic rings. The molecule has 2 aliphatic rings. The Morgan fingerprint density at radius 2 is 2.20 bits per heavy atom. The molecule has 5 heteroatoms. The maximum Gasteiger partial charge on any atom is 0.274 e. The fourth-order valence-corrected chi connectivity index (χ4v) is 3.24. The number of aliphatic hydroxyl groups excluding tert-OH is 1. The number of hydrogen-bond donors (Lipinski definition) is 1. The van der Waals surface area contributed by atoms with Gasteiger partial charge >= 0.3 is 0 Å². The van der Waals surface area contributed by atoms with Crippen molar-refractivity contribution in [1.82, 2.24) is 14.7 Å². The van der Waals surface area contributed by atoms with Gasteiger partial charge in [0, 0.05) is 24.7 Å². The Morgan fingerprint density at radius 3 is 2.75 bits per heavy atom. The predicted octanol–water partition coefficient (Wildman–Crippen LogP) is 1.84. The van der Waals surface area contributed by atoms with Crippen LogP contribution in [0, 0.1) is 5.41 Å². The second kappa shape index (κ2) is 4.88. The molecule has 2 heterocycles. The van der Waals surface area contributed by atoms with E-state index < -0.39 is 0 Å². The Kier molecular flexibility index (Phi) is 3.32. The van der Waals surface area contributed by atoms with Gasteiger partial charge in [0.05, 0.1) is 12.1 Å². The van der Waals surface area contributed by atoms with E-state index in [0.29, 0.717) is 24.8 Å². The second-order valence-electron chi connectivity index (χ2n) is 6.22. The highest BCUT2D eigenvalue weighted by atomic mass is 16.3. The SMILES string of the molecule is CCC(CC)n1ccc(C(=O)N2CC(O)C3(CC3)C2)n1. The Bertz CT molecular complexity index is 503. The molecule has 2 fully saturated rings. The molecule has 1 atom stereocenters. The van der Waals surface area contributed by atoms with Gasteiger partial charge in [0.1, 0.15) is 5.69 Å². The first-order valence-electron chi connectivity index (χ1n) is 7.62. The van der Waals surface area contributed by atoms with E-state index in [1.54, 1.807) is 11.0 Å². The number of likely N-dealkylation sites (tertiary alicyclic amines) is 1. The van der Waals surface area contributed by atoms with Gasteiger partial charge in [-0.1, -0.05) is 13.8 Å². The third kappa shape index (κ3) is 2.14. The zero-order chi connectivity index (χ0) is 14.3. The Hall–Kier alpha value is -1.36. The van der Waals surface area contributed by atoms with Crippen molar-refractivity contribution >= 4 is 5.91 Å². The lowest BCUT2D eigenvalue weighted by molar-refractivity contribution is 0.0757. The minimum atomic E-state index is -0.354. The number of nitrogens with zero attached hydrogens (tertiary/aromatic N) is 3. The van der Waals surface area contributed by atoms with Crippen molar-refractivity contribution in [3.63, 3.8) is 0 Å². The van der Waals surface area contributed by atoms with Gasteiger partial charge in [0.25, 0.3) is 5.91 Å². The molecule has 1 aliphatic carbocycles. The first-order valence-corrected chi connectivity index (χ1v) is 7.62. The summed E-state index contributed by atoms with van der Waals surface area (Å²) in [7, 11) is 0. The van der Waals surface area contributed by atoms with Gasteiger partial charge in [-0.15, -0.1) is 0 Å². The Morgan fingerprint density at radius 1 is 1.50 bits per heavy atom. The fraction of sp³-hybridized carbons (Fsp3) is 0.733. The third-order valence-electron chi connectivity index (χ3n) is 4.93. The van der Waals surface area contributed by atoms with Gasteiger partial charge in [-0.05, 0) is 31.7 Å². The van der Waals surface area contributed by atoms with Crippen LogP contribution in [0.5, 0.6) is 0 Å². The molecule has 1 aromatic heterocycles. The molecule has 1 N–H and O–H groups in total. The zero-order valence-corrected chi connectivity index (χ0v) is 12.2. The molecule has 0 radical (unpaired) electrons. The molecule has 1 saturated carbocycles. The summed E-state index contributed by atoms with van der Waals surface area (Å²) in [5, 5.41) is 14.5. The number of β-amino-alcohol motifs (C(OH)–C–C–N with tert-alkyl or cyclic N) is 1. The van der Waals surface area contributed by atoms with Crippen molar-refractivity contribution in [3.05, 3.63) is 18.0 Å². The van der Waals surface area contributed by atoms with Crippen LogP contribution in [0.2, 0.25) is 0 Å². The first-order chi connectivity index (χ1) is 9.59. The Balaban J connectivity index is 1.72. The van der Waals surface area contributed by atoms with Crippen LogP contribution in [0.4, 0.5) is 0 Å². The largest absolute Gasteiger partial charge is 0.391 e. The zero-order valence-electron chi connectivity index (χ0n) is 12.2. The van der Waals surface area contributed by atoms with Crippen molar-refractivity contribution in [2.24, 2.45) is 5.41 Å². The molecule has 0 aromatic carbocycles. The minimum absolute atomic E-state index is 0.00754. The molecular formula is C15H23N3O2. The number of hydrogen-bond acceptors (Lipinski definition) is 3. The van der Waals surface area contributed by atoms with E-state index in [1.165, 1.54) is 0 Å². The number of amides is 1. The number of carbonyl (C=O) groups is 1. The number of aliphatic hydroxyl groups is 1. The van der Waals surface area contributed by atoms with E-state index in [0.717, 1.165) is 25.7 Å². The average molecular weight is 277 g/mol. The van der Waals surface area contributed by atoms with Gasteiger partial charge in [-0.2, -0.15) is 5.10 Å². The third-order valence-corrected chi connectivity index (χ3v) is 4.93. The molecule has 1 spiro atoms. The highest BCUT2D eigenvalue weighted by Gasteiger charge is 2.55. The highest BCUT2D eigenvalue weighted by molar-refractivity contribution is 5.92. The standard InChI is InChI=1S/C15H23N3O2/c1-3-11(4-2)18-8-5-12(16-18)14(20)17-9-13(19)15(10-17)6-7-15/h5,8,11,13,19H,3-4,6-7,9-10H2,1-2H3. The summed E-state index contributed by atoms with van der Waals surface area (Å²) in [5.41, 5.74) is 0.509. The Labute approximate surface area is 119 Å². The summed E-state index contributed by atoms with van der Waals surface area (Å²) in [6.45, 7) is 5.40. The van der Waals surface area contributed by atoms with Crippen LogP contribution in [0.15, 0.2) is 12.3 Å². The van der Waals surface area contributed by atoms with E-state index in [9.17, 15) is 9.90 Å². The minimum Gasteiger partial charge on any atom is -0.391 e. The summed E-state index contributed by atoms with van der Waals surface area (Å²) in [6.07, 6.45) is 5.65. The van der Waals surface area contributed by atoms with Gasteiger partial charge in [0.15, 0.2) is 0 Å². The van der Waals surface area contributed by atoms with Crippen molar-refractivity contribution in [2.75, 3.05) is 13.1 Å². The molecule has 1 aliphatic heterocycles. The van der Waals surface area contributed by atoms with Crippen molar-refractivity contribution in [2.45, 2.75) is 51.7 Å². The molecule has 5 nitrogen and oxygen atoms in total. The molecule has 20 heavy (non-hydrogen) atoms. The molecule has 1 unspecified atom stereocenters. The maximum absolute atomic E-state index is 12.5. The lowest BCUT2D eigenvalue weighted by Gasteiger charge is -2.15. The van der Waals surface area contributed by atoms with E-state index in [-0.39, 0.29) is 17.4 Å². The van der Waals surface area contributed by atoms with Crippen molar-refractivity contribution in [1.29, 1.82) is 0 Å². The maximum atomic E-state index is 12.5. The van der Waals surface area contributed by atoms with Gasteiger partial charge in [-0.25, -0.2) is 0 Å². The van der Waals surface area contributed by atoms with Crippen molar-refractivity contribution in [3.8, 4) is 0 Å². The molecular weight excluding hydrogens is 254 g/mol. The van der Waals surface area contributed by atoms with E-state index in [2.05, 4.69) is 18.9 Å². The monoisotopic (exact) mass is 277 g/mol. The summed E-state index contributed by atoms with van der Waals surface area (Å²) in [6, 6.07) is 2.15. The molecule has 1 saturated heterocycles. The molecule has 3 rings (SSSR count). The lowest BCUT2D eigenvalue weighted by atomic mass is 10.0. The van der Waals surface area contributed by atoms with E-state index >= 15 is 0 Å². The van der Waals surface area contributed by atoms with E-state index in [4.69, 9.17) is 0 Å². The van der Waals surface area contributed by atoms with Crippen LogP contribution >= 0.6 is 0 Å². The van der Waals surface area contributed by atoms with E-state index in [1.807, 2.05) is 10.9 Å². The van der Waals surface area contributed by atoms with Crippen LogP contribution in [-0.4, -0.2) is 44.9 Å². The van der Waals surface area contributed by atoms with Crippen LogP contribution < -0.4 is 0 Å². The number of aromatic nitrogens is 2. The molecule has 1 amide bonds. The molecule has 0 bridgehead atoms. The van der Waals surface area contributed by atoms with Gasteiger partial charge in [0.2, 0.25) is 0 Å². The van der Waals surface area contributed by atoms with Gasteiger partial charge < -0.3 is 10.0 Å².